The summed E-state index contributed by atoms with van der Waals surface area (Å²) in [5.74, 6) is -1.39. The fourth-order valence-electron chi connectivity index (χ4n) is 3.11. The first-order valence-electron chi connectivity index (χ1n) is 8.56. The zero-order valence-electron chi connectivity index (χ0n) is 14.9. The van der Waals surface area contributed by atoms with Gasteiger partial charge in [0.05, 0.1) is 23.1 Å². The Morgan fingerprint density at radius 3 is 2.54 bits per heavy atom. The summed E-state index contributed by atoms with van der Waals surface area (Å²) in [6, 6.07) is 12.6. The van der Waals surface area contributed by atoms with E-state index in [1.54, 1.807) is 30.3 Å². The molecule has 1 aliphatic heterocycles. The average molecular weight is 423 g/mol. The maximum atomic E-state index is 12.8. The summed E-state index contributed by atoms with van der Waals surface area (Å²) in [5.41, 5.74) is 6.55. The molecule has 1 aliphatic rings. The standard InChI is InChI=1S/C19H19ClN2O5S/c20-13-6-7-17(21)16(10-13)19(24)27-11-18(23)22(14-4-2-1-3-5-14)15-8-9-28(25,26)12-15/h1-7,10,15H,8-9,11-12,21H2. The van der Waals surface area contributed by atoms with Gasteiger partial charge in [0.2, 0.25) is 0 Å². The number of ether oxygens (including phenoxy) is 1. The van der Waals surface area contributed by atoms with Crippen LogP contribution in [0.3, 0.4) is 0 Å². The number of esters is 1. The predicted molar refractivity (Wildman–Crippen MR) is 107 cm³/mol. The minimum Gasteiger partial charge on any atom is -0.452 e. The molecular formula is C19H19ClN2O5S. The summed E-state index contributed by atoms with van der Waals surface area (Å²) < 4.78 is 28.9. The van der Waals surface area contributed by atoms with Gasteiger partial charge in [0, 0.05) is 16.4 Å². The third kappa shape index (κ3) is 4.63. The average Bonchev–Trinajstić information content (AvgIpc) is 3.02. The predicted octanol–water partition coefficient (Wildman–Crippen LogP) is 2.30. The number of nitrogens with zero attached hydrogens (tertiary/aromatic N) is 1. The van der Waals surface area contributed by atoms with Gasteiger partial charge in [-0.1, -0.05) is 29.8 Å². The van der Waals surface area contributed by atoms with Crippen molar-refractivity contribution in [2.24, 2.45) is 0 Å². The highest BCUT2D eigenvalue weighted by Crippen LogP contribution is 2.25. The first kappa shape index (κ1) is 20.2. The number of carbonyl (C=O) groups excluding carboxylic acids is 2. The maximum absolute atomic E-state index is 12.8. The van der Waals surface area contributed by atoms with Crippen LogP contribution in [0.5, 0.6) is 0 Å². The van der Waals surface area contributed by atoms with Crippen molar-refractivity contribution >= 4 is 44.7 Å². The Morgan fingerprint density at radius 1 is 1.18 bits per heavy atom. The van der Waals surface area contributed by atoms with Crippen LogP contribution in [-0.4, -0.2) is 44.4 Å². The highest BCUT2D eigenvalue weighted by molar-refractivity contribution is 7.91. The van der Waals surface area contributed by atoms with Gasteiger partial charge < -0.3 is 15.4 Å². The van der Waals surface area contributed by atoms with E-state index < -0.39 is 34.4 Å². The van der Waals surface area contributed by atoms with E-state index in [4.69, 9.17) is 22.1 Å². The number of para-hydroxylation sites is 1. The van der Waals surface area contributed by atoms with Gasteiger partial charge in [0.25, 0.3) is 5.91 Å². The molecule has 9 heteroatoms. The van der Waals surface area contributed by atoms with Crippen molar-refractivity contribution in [3.05, 3.63) is 59.1 Å². The van der Waals surface area contributed by atoms with Crippen LogP contribution in [0.15, 0.2) is 48.5 Å². The number of amides is 1. The molecule has 1 amide bonds. The lowest BCUT2D eigenvalue weighted by atomic mass is 10.1. The molecule has 148 valence electrons. The molecule has 0 saturated carbocycles. The number of hydrogen-bond acceptors (Lipinski definition) is 6. The van der Waals surface area contributed by atoms with Gasteiger partial charge in [-0.3, -0.25) is 4.79 Å². The second-order valence-electron chi connectivity index (χ2n) is 6.46. The maximum Gasteiger partial charge on any atom is 0.340 e. The fourth-order valence-corrected chi connectivity index (χ4v) is 4.98. The van der Waals surface area contributed by atoms with Crippen LogP contribution in [-0.2, 0) is 19.4 Å². The monoisotopic (exact) mass is 422 g/mol. The van der Waals surface area contributed by atoms with Crippen molar-refractivity contribution in [2.45, 2.75) is 12.5 Å². The molecule has 1 unspecified atom stereocenters. The fraction of sp³-hybridized carbons (Fsp3) is 0.263. The molecule has 1 heterocycles. The van der Waals surface area contributed by atoms with E-state index >= 15 is 0 Å². The van der Waals surface area contributed by atoms with Crippen molar-refractivity contribution in [2.75, 3.05) is 28.7 Å². The molecule has 2 aromatic rings. The molecule has 3 rings (SSSR count). The lowest BCUT2D eigenvalue weighted by molar-refractivity contribution is -0.122. The molecule has 2 aromatic carbocycles. The summed E-state index contributed by atoms with van der Waals surface area (Å²) in [6.45, 7) is -0.545. The quantitative estimate of drug-likeness (QED) is 0.585. The van der Waals surface area contributed by atoms with E-state index in [1.165, 1.54) is 23.1 Å². The zero-order valence-corrected chi connectivity index (χ0v) is 16.4. The molecule has 2 N–H and O–H groups in total. The van der Waals surface area contributed by atoms with E-state index in [2.05, 4.69) is 0 Å². The first-order valence-corrected chi connectivity index (χ1v) is 10.8. The minimum atomic E-state index is -3.20. The molecule has 0 radical (unpaired) electrons. The zero-order chi connectivity index (χ0) is 20.3. The van der Waals surface area contributed by atoms with Crippen LogP contribution >= 0.6 is 11.6 Å². The third-order valence-corrected chi connectivity index (χ3v) is 6.42. The van der Waals surface area contributed by atoms with Crippen LogP contribution in [0.4, 0.5) is 11.4 Å². The Morgan fingerprint density at radius 2 is 1.89 bits per heavy atom. The Balaban J connectivity index is 1.76. The largest absolute Gasteiger partial charge is 0.452 e. The normalized spacial score (nSPS) is 17.8. The highest BCUT2D eigenvalue weighted by atomic mass is 35.5. The molecule has 1 saturated heterocycles. The SMILES string of the molecule is Nc1ccc(Cl)cc1C(=O)OCC(=O)N(c1ccccc1)C1CCS(=O)(=O)C1. The number of nitrogen functional groups attached to an aromatic ring is 1. The second kappa shape index (κ2) is 8.20. The van der Waals surface area contributed by atoms with Gasteiger partial charge in [-0.05, 0) is 36.8 Å². The van der Waals surface area contributed by atoms with E-state index in [0.29, 0.717) is 17.1 Å². The smallest absolute Gasteiger partial charge is 0.340 e. The summed E-state index contributed by atoms with van der Waals surface area (Å²) in [5, 5.41) is 0.314. The first-order chi connectivity index (χ1) is 13.3. The van der Waals surface area contributed by atoms with E-state index in [-0.39, 0.29) is 22.8 Å². The summed E-state index contributed by atoms with van der Waals surface area (Å²) >= 11 is 5.87. The van der Waals surface area contributed by atoms with Crippen molar-refractivity contribution in [1.29, 1.82) is 0 Å². The number of carbonyl (C=O) groups is 2. The number of anilines is 2. The molecular weight excluding hydrogens is 404 g/mol. The molecule has 7 nitrogen and oxygen atoms in total. The van der Waals surface area contributed by atoms with Crippen LogP contribution in [0.25, 0.3) is 0 Å². The van der Waals surface area contributed by atoms with Crippen molar-refractivity contribution in [1.82, 2.24) is 0 Å². The summed E-state index contributed by atoms with van der Waals surface area (Å²) in [4.78, 5) is 26.5. The van der Waals surface area contributed by atoms with E-state index in [1.807, 2.05) is 0 Å². The molecule has 1 atom stereocenters. The molecule has 1 fully saturated rings. The lowest BCUT2D eigenvalue weighted by Crippen LogP contribution is -2.43. The van der Waals surface area contributed by atoms with Crippen LogP contribution in [0.2, 0.25) is 5.02 Å². The van der Waals surface area contributed by atoms with Crippen LogP contribution in [0, 0.1) is 0 Å². The van der Waals surface area contributed by atoms with Gasteiger partial charge >= 0.3 is 5.97 Å². The van der Waals surface area contributed by atoms with E-state index in [0.717, 1.165) is 0 Å². The number of sulfone groups is 1. The van der Waals surface area contributed by atoms with Crippen molar-refractivity contribution < 1.29 is 22.7 Å². The van der Waals surface area contributed by atoms with Gasteiger partial charge in [0.15, 0.2) is 16.4 Å². The Hall–Kier alpha value is -2.58. The molecule has 0 aromatic heterocycles. The van der Waals surface area contributed by atoms with Gasteiger partial charge in [0.1, 0.15) is 0 Å². The van der Waals surface area contributed by atoms with Gasteiger partial charge in [-0.2, -0.15) is 0 Å². The van der Waals surface area contributed by atoms with Crippen molar-refractivity contribution in [3.63, 3.8) is 0 Å². The number of rotatable bonds is 5. The Kier molecular flexibility index (Phi) is 5.90. The number of benzene rings is 2. The van der Waals surface area contributed by atoms with Gasteiger partial charge in [-0.15, -0.1) is 0 Å². The molecule has 0 spiro atoms. The number of nitrogens with two attached hydrogens (primary N) is 1. The molecule has 0 aliphatic carbocycles. The molecule has 0 bridgehead atoms. The number of halogens is 1. The number of hydrogen-bond donors (Lipinski definition) is 1. The second-order valence-corrected chi connectivity index (χ2v) is 9.13. The Bertz CT molecular complexity index is 995. The van der Waals surface area contributed by atoms with Crippen LogP contribution in [0.1, 0.15) is 16.8 Å². The topological polar surface area (TPSA) is 107 Å². The van der Waals surface area contributed by atoms with Gasteiger partial charge in [-0.25, -0.2) is 13.2 Å². The van der Waals surface area contributed by atoms with E-state index in [9.17, 15) is 18.0 Å². The Labute approximate surface area is 168 Å². The summed E-state index contributed by atoms with van der Waals surface area (Å²) in [7, 11) is -3.20. The minimum absolute atomic E-state index is 0.0209. The lowest BCUT2D eigenvalue weighted by Gasteiger charge is -2.28. The van der Waals surface area contributed by atoms with Crippen LogP contribution < -0.4 is 10.6 Å². The summed E-state index contributed by atoms with van der Waals surface area (Å²) in [6.07, 6.45) is 0.332. The van der Waals surface area contributed by atoms with Crippen molar-refractivity contribution in [3.8, 4) is 0 Å². The molecule has 28 heavy (non-hydrogen) atoms. The third-order valence-electron chi connectivity index (χ3n) is 4.44. The highest BCUT2D eigenvalue weighted by Gasteiger charge is 2.35.